The van der Waals surface area contributed by atoms with Gasteiger partial charge in [-0.15, -0.1) is 0 Å². The van der Waals surface area contributed by atoms with Crippen LogP contribution in [0, 0.1) is 5.41 Å². The predicted octanol–water partition coefficient (Wildman–Crippen LogP) is 2.99. The molecule has 116 valence electrons. The number of nitrogens with zero attached hydrogens (tertiary/aromatic N) is 1. The average Bonchev–Trinajstić information content (AvgIpc) is 2.92. The summed E-state index contributed by atoms with van der Waals surface area (Å²) in [5, 5.41) is 2.93. The molecule has 1 aromatic carbocycles. The molecule has 1 unspecified atom stereocenters. The first kappa shape index (κ1) is 15.8. The van der Waals surface area contributed by atoms with E-state index in [2.05, 4.69) is 43.1 Å². The molecular formula is C17H27N3O. The molecule has 1 aliphatic rings. The third-order valence-electron chi connectivity index (χ3n) is 4.14. The van der Waals surface area contributed by atoms with Gasteiger partial charge in [0.1, 0.15) is 0 Å². The summed E-state index contributed by atoms with van der Waals surface area (Å²) in [6, 6.07) is 7.94. The van der Waals surface area contributed by atoms with Crippen LogP contribution in [0.1, 0.15) is 40.0 Å². The summed E-state index contributed by atoms with van der Waals surface area (Å²) >= 11 is 0. The zero-order chi connectivity index (χ0) is 15.5. The Bertz CT molecular complexity index is 470. The molecule has 4 heteroatoms. The van der Waals surface area contributed by atoms with E-state index in [0.717, 1.165) is 18.8 Å². The van der Waals surface area contributed by atoms with E-state index in [1.807, 2.05) is 12.1 Å². The Kier molecular flexibility index (Phi) is 4.88. The lowest BCUT2D eigenvalue weighted by molar-refractivity contribution is -0.117. The van der Waals surface area contributed by atoms with Crippen LogP contribution in [0.25, 0.3) is 0 Å². The van der Waals surface area contributed by atoms with Crippen molar-refractivity contribution in [1.82, 2.24) is 0 Å². The summed E-state index contributed by atoms with van der Waals surface area (Å²) < 4.78 is 0. The average molecular weight is 289 g/mol. The minimum absolute atomic E-state index is 0.0219. The van der Waals surface area contributed by atoms with Crippen LogP contribution in [-0.2, 0) is 4.79 Å². The molecule has 0 saturated carbocycles. The highest BCUT2D eigenvalue weighted by atomic mass is 16.1. The molecular weight excluding hydrogens is 262 g/mol. The van der Waals surface area contributed by atoms with Crippen LogP contribution in [0.15, 0.2) is 24.3 Å². The van der Waals surface area contributed by atoms with Gasteiger partial charge in [0.2, 0.25) is 5.91 Å². The Balaban J connectivity index is 1.89. The molecule has 1 saturated heterocycles. The molecule has 1 atom stereocenters. The smallest absolute Gasteiger partial charge is 0.225 e. The molecule has 0 bridgehead atoms. The van der Waals surface area contributed by atoms with Gasteiger partial charge in [0, 0.05) is 36.9 Å². The summed E-state index contributed by atoms with van der Waals surface area (Å²) in [7, 11) is 0. The zero-order valence-corrected chi connectivity index (χ0v) is 13.4. The van der Waals surface area contributed by atoms with Gasteiger partial charge in [0.25, 0.3) is 0 Å². The van der Waals surface area contributed by atoms with Gasteiger partial charge in [-0.25, -0.2) is 0 Å². The standard InChI is InChI=1S/C17H27N3O/c1-17(2,3)15(18)12-16(21)19-13-6-8-14(9-7-13)20-10-4-5-11-20/h6-9,15H,4-5,10-12,18H2,1-3H3,(H,19,21). The number of anilines is 2. The Morgan fingerprint density at radius 3 is 2.33 bits per heavy atom. The molecule has 0 spiro atoms. The first-order valence-electron chi connectivity index (χ1n) is 7.77. The Morgan fingerprint density at radius 1 is 1.24 bits per heavy atom. The third-order valence-corrected chi connectivity index (χ3v) is 4.14. The molecule has 0 radical (unpaired) electrons. The molecule has 2 rings (SSSR count). The SMILES string of the molecule is CC(C)(C)C(N)CC(=O)Nc1ccc(N2CCCC2)cc1. The quantitative estimate of drug-likeness (QED) is 0.896. The highest BCUT2D eigenvalue weighted by molar-refractivity contribution is 5.91. The predicted molar refractivity (Wildman–Crippen MR) is 88.6 cm³/mol. The molecule has 0 aromatic heterocycles. The van der Waals surface area contributed by atoms with Gasteiger partial charge in [-0.1, -0.05) is 20.8 Å². The second kappa shape index (κ2) is 6.48. The van der Waals surface area contributed by atoms with Crippen LogP contribution in [-0.4, -0.2) is 25.0 Å². The molecule has 1 amide bonds. The molecule has 1 aromatic rings. The number of hydrogen-bond donors (Lipinski definition) is 2. The molecule has 1 heterocycles. The van der Waals surface area contributed by atoms with Crippen molar-refractivity contribution in [2.75, 3.05) is 23.3 Å². The fourth-order valence-electron chi connectivity index (χ4n) is 2.45. The van der Waals surface area contributed by atoms with E-state index in [0.29, 0.717) is 6.42 Å². The Labute approximate surface area is 127 Å². The Morgan fingerprint density at radius 2 is 1.81 bits per heavy atom. The highest BCUT2D eigenvalue weighted by Crippen LogP contribution is 2.23. The summed E-state index contributed by atoms with van der Waals surface area (Å²) in [5.41, 5.74) is 8.06. The van der Waals surface area contributed by atoms with Crippen LogP contribution in [0.4, 0.5) is 11.4 Å². The largest absolute Gasteiger partial charge is 0.372 e. The summed E-state index contributed by atoms with van der Waals surface area (Å²) in [6.45, 7) is 8.42. The van der Waals surface area contributed by atoms with Crippen LogP contribution in [0.5, 0.6) is 0 Å². The van der Waals surface area contributed by atoms with Gasteiger partial charge in [-0.3, -0.25) is 4.79 Å². The maximum Gasteiger partial charge on any atom is 0.225 e. The number of carbonyl (C=O) groups excluding carboxylic acids is 1. The fraction of sp³-hybridized carbons (Fsp3) is 0.588. The van der Waals surface area contributed by atoms with Crippen molar-refractivity contribution in [2.24, 2.45) is 11.1 Å². The van der Waals surface area contributed by atoms with E-state index in [1.54, 1.807) is 0 Å². The van der Waals surface area contributed by atoms with Crippen molar-refractivity contribution < 1.29 is 4.79 Å². The fourth-order valence-corrected chi connectivity index (χ4v) is 2.45. The number of benzene rings is 1. The molecule has 1 fully saturated rings. The van der Waals surface area contributed by atoms with E-state index in [9.17, 15) is 4.79 Å². The van der Waals surface area contributed by atoms with Crippen molar-refractivity contribution in [1.29, 1.82) is 0 Å². The zero-order valence-electron chi connectivity index (χ0n) is 13.4. The maximum atomic E-state index is 12.0. The second-order valence-electron chi connectivity index (χ2n) is 6.97. The second-order valence-corrected chi connectivity index (χ2v) is 6.97. The molecule has 0 aliphatic carbocycles. The maximum absolute atomic E-state index is 12.0. The number of hydrogen-bond acceptors (Lipinski definition) is 3. The minimum Gasteiger partial charge on any atom is -0.372 e. The van der Waals surface area contributed by atoms with Crippen LogP contribution < -0.4 is 16.0 Å². The van der Waals surface area contributed by atoms with Crippen LogP contribution in [0.2, 0.25) is 0 Å². The van der Waals surface area contributed by atoms with Crippen LogP contribution >= 0.6 is 0 Å². The van der Waals surface area contributed by atoms with Crippen molar-refractivity contribution in [3.8, 4) is 0 Å². The number of nitrogens with one attached hydrogen (secondary N) is 1. The van der Waals surface area contributed by atoms with E-state index >= 15 is 0 Å². The van der Waals surface area contributed by atoms with E-state index in [4.69, 9.17) is 5.73 Å². The number of rotatable bonds is 4. The summed E-state index contributed by atoms with van der Waals surface area (Å²) in [5.74, 6) is -0.0219. The normalized spacial score (nSPS) is 16.9. The lowest BCUT2D eigenvalue weighted by Crippen LogP contribution is -2.38. The van der Waals surface area contributed by atoms with Crippen molar-refractivity contribution in [3.63, 3.8) is 0 Å². The first-order chi connectivity index (χ1) is 9.86. The summed E-state index contributed by atoms with van der Waals surface area (Å²) in [6.07, 6.45) is 2.88. The van der Waals surface area contributed by atoms with Gasteiger partial charge in [0.15, 0.2) is 0 Å². The molecule has 1 aliphatic heterocycles. The monoisotopic (exact) mass is 289 g/mol. The first-order valence-corrected chi connectivity index (χ1v) is 7.77. The van der Waals surface area contributed by atoms with E-state index in [1.165, 1.54) is 18.5 Å². The van der Waals surface area contributed by atoms with Gasteiger partial charge in [0.05, 0.1) is 0 Å². The lowest BCUT2D eigenvalue weighted by atomic mass is 9.85. The lowest BCUT2D eigenvalue weighted by Gasteiger charge is -2.26. The topological polar surface area (TPSA) is 58.4 Å². The molecule has 4 nitrogen and oxygen atoms in total. The van der Waals surface area contributed by atoms with E-state index < -0.39 is 0 Å². The van der Waals surface area contributed by atoms with Crippen molar-refractivity contribution >= 4 is 17.3 Å². The van der Waals surface area contributed by atoms with E-state index in [-0.39, 0.29) is 17.4 Å². The number of nitrogens with two attached hydrogens (primary N) is 1. The third kappa shape index (κ3) is 4.46. The Hall–Kier alpha value is -1.55. The van der Waals surface area contributed by atoms with Gasteiger partial charge < -0.3 is 16.0 Å². The van der Waals surface area contributed by atoms with Gasteiger partial charge >= 0.3 is 0 Å². The number of carbonyl (C=O) groups is 1. The van der Waals surface area contributed by atoms with Crippen LogP contribution in [0.3, 0.4) is 0 Å². The molecule has 3 N–H and O–H groups in total. The minimum atomic E-state index is -0.138. The van der Waals surface area contributed by atoms with Crippen molar-refractivity contribution in [3.05, 3.63) is 24.3 Å². The molecule has 21 heavy (non-hydrogen) atoms. The van der Waals surface area contributed by atoms with Crippen molar-refractivity contribution in [2.45, 2.75) is 46.1 Å². The highest BCUT2D eigenvalue weighted by Gasteiger charge is 2.23. The van der Waals surface area contributed by atoms with Gasteiger partial charge in [-0.05, 0) is 42.5 Å². The summed E-state index contributed by atoms with van der Waals surface area (Å²) in [4.78, 5) is 14.4. The van der Waals surface area contributed by atoms with Gasteiger partial charge in [-0.2, -0.15) is 0 Å². The number of amides is 1.